The smallest absolute Gasteiger partial charge is 0.162 e. The van der Waals surface area contributed by atoms with E-state index in [4.69, 9.17) is 9.47 Å². The van der Waals surface area contributed by atoms with Gasteiger partial charge in [0, 0.05) is 6.42 Å². The molecule has 0 aromatic heterocycles. The second-order valence-electron chi connectivity index (χ2n) is 4.22. The van der Waals surface area contributed by atoms with Crippen molar-refractivity contribution >= 4 is 0 Å². The maximum atomic E-state index is 9.53. The van der Waals surface area contributed by atoms with Crippen molar-refractivity contribution in [2.24, 2.45) is 0 Å². The van der Waals surface area contributed by atoms with Crippen LogP contribution in [0.15, 0.2) is 0 Å². The molecule has 0 spiro atoms. The predicted octanol–water partition coefficient (Wildman–Crippen LogP) is 1.01. The monoisotopic (exact) mass is 204 g/mol. The van der Waals surface area contributed by atoms with E-state index in [9.17, 15) is 10.2 Å². The van der Waals surface area contributed by atoms with Gasteiger partial charge in [0.2, 0.25) is 0 Å². The summed E-state index contributed by atoms with van der Waals surface area (Å²) in [4.78, 5) is 0. The van der Waals surface area contributed by atoms with Gasteiger partial charge in [-0.3, -0.25) is 0 Å². The van der Waals surface area contributed by atoms with Gasteiger partial charge in [-0.1, -0.05) is 6.92 Å². The molecule has 2 N–H and O–H groups in total. The first-order valence-electron chi connectivity index (χ1n) is 5.16. The lowest BCUT2D eigenvalue weighted by atomic mass is 10.1. The second-order valence-corrected chi connectivity index (χ2v) is 4.22. The summed E-state index contributed by atoms with van der Waals surface area (Å²) in [6, 6.07) is 0. The molecule has 0 radical (unpaired) electrons. The van der Waals surface area contributed by atoms with Gasteiger partial charge in [-0.25, -0.2) is 0 Å². The Balaban J connectivity index is 2.34. The first-order chi connectivity index (χ1) is 6.42. The van der Waals surface area contributed by atoms with Crippen LogP contribution in [0.1, 0.15) is 40.0 Å². The summed E-state index contributed by atoms with van der Waals surface area (Å²) in [7, 11) is 0. The van der Waals surface area contributed by atoms with Crippen LogP contribution in [-0.2, 0) is 9.47 Å². The van der Waals surface area contributed by atoms with Crippen LogP contribution in [0, 0.1) is 0 Å². The van der Waals surface area contributed by atoms with Crippen LogP contribution in [0.4, 0.5) is 0 Å². The molecule has 0 aromatic rings. The van der Waals surface area contributed by atoms with Crippen molar-refractivity contribution in [3.8, 4) is 0 Å². The van der Waals surface area contributed by atoms with Crippen molar-refractivity contribution in [1.29, 1.82) is 0 Å². The number of aliphatic hydroxyl groups is 2. The molecule has 0 saturated carbocycles. The zero-order chi connectivity index (χ0) is 10.8. The van der Waals surface area contributed by atoms with E-state index >= 15 is 0 Å². The van der Waals surface area contributed by atoms with Crippen molar-refractivity contribution in [2.45, 2.75) is 64.3 Å². The number of hydrogen-bond acceptors (Lipinski definition) is 4. The van der Waals surface area contributed by atoms with Crippen molar-refractivity contribution in [3.63, 3.8) is 0 Å². The molecule has 1 saturated heterocycles. The van der Waals surface area contributed by atoms with Crippen molar-refractivity contribution < 1.29 is 19.7 Å². The Morgan fingerprint density at radius 1 is 1.50 bits per heavy atom. The van der Waals surface area contributed by atoms with Gasteiger partial charge in [-0.05, 0) is 26.7 Å². The minimum atomic E-state index is -1.17. The maximum Gasteiger partial charge on any atom is 0.162 e. The zero-order valence-corrected chi connectivity index (χ0v) is 9.06. The van der Waals surface area contributed by atoms with E-state index in [2.05, 4.69) is 0 Å². The molecule has 0 amide bonds. The molecule has 1 fully saturated rings. The van der Waals surface area contributed by atoms with Gasteiger partial charge < -0.3 is 19.7 Å². The third-order valence-corrected chi connectivity index (χ3v) is 2.28. The van der Waals surface area contributed by atoms with E-state index in [0.717, 1.165) is 12.8 Å². The van der Waals surface area contributed by atoms with Crippen LogP contribution in [0.3, 0.4) is 0 Å². The molecule has 14 heavy (non-hydrogen) atoms. The molecular formula is C10H20O4. The summed E-state index contributed by atoms with van der Waals surface area (Å²) in [5.41, 5.74) is 0. The Morgan fingerprint density at radius 3 is 2.64 bits per heavy atom. The van der Waals surface area contributed by atoms with Crippen LogP contribution >= 0.6 is 0 Å². The molecule has 0 aliphatic carbocycles. The minimum Gasteiger partial charge on any atom is -0.390 e. The minimum absolute atomic E-state index is 0.146. The maximum absolute atomic E-state index is 9.53. The first-order valence-corrected chi connectivity index (χ1v) is 5.16. The number of hydrogen-bond donors (Lipinski definition) is 2. The molecule has 1 heterocycles. The van der Waals surface area contributed by atoms with Gasteiger partial charge in [0.05, 0.1) is 12.2 Å². The van der Waals surface area contributed by atoms with Crippen molar-refractivity contribution in [3.05, 3.63) is 0 Å². The average molecular weight is 204 g/mol. The highest BCUT2D eigenvalue weighted by Gasteiger charge is 2.33. The highest BCUT2D eigenvalue weighted by atomic mass is 16.7. The molecule has 1 rings (SSSR count). The Labute approximate surface area is 84.8 Å². The van der Waals surface area contributed by atoms with Gasteiger partial charge in [0.1, 0.15) is 0 Å². The van der Waals surface area contributed by atoms with Gasteiger partial charge in [-0.15, -0.1) is 0 Å². The zero-order valence-electron chi connectivity index (χ0n) is 9.06. The SMILES string of the molecule is CC[C@H](O)[C@@H]1CC[C@@H](OC(C)(C)O)O1. The summed E-state index contributed by atoms with van der Waals surface area (Å²) in [6.07, 6.45) is 1.24. The Kier molecular flexibility index (Phi) is 3.89. The van der Waals surface area contributed by atoms with E-state index < -0.39 is 11.9 Å². The predicted molar refractivity (Wildman–Crippen MR) is 51.6 cm³/mol. The van der Waals surface area contributed by atoms with E-state index in [0.29, 0.717) is 6.42 Å². The molecule has 4 nitrogen and oxygen atoms in total. The van der Waals surface area contributed by atoms with Gasteiger partial charge in [0.15, 0.2) is 12.1 Å². The summed E-state index contributed by atoms with van der Waals surface area (Å²) in [5.74, 6) is -1.17. The lowest BCUT2D eigenvalue weighted by Gasteiger charge is -2.24. The van der Waals surface area contributed by atoms with Crippen LogP contribution in [0.25, 0.3) is 0 Å². The van der Waals surface area contributed by atoms with Gasteiger partial charge >= 0.3 is 0 Å². The lowest BCUT2D eigenvalue weighted by Crippen LogP contribution is -2.32. The molecular weight excluding hydrogens is 184 g/mol. The quantitative estimate of drug-likeness (QED) is 0.671. The summed E-state index contributed by atoms with van der Waals surface area (Å²) in [5, 5.41) is 18.9. The summed E-state index contributed by atoms with van der Waals surface area (Å²) < 4.78 is 10.7. The standard InChI is InChI=1S/C10H20O4/c1-4-7(11)8-5-6-9(13-8)14-10(2,3)12/h7-9,11-12H,4-6H2,1-3H3/t7-,8-,9+/m0/s1. The summed E-state index contributed by atoms with van der Waals surface area (Å²) in [6.45, 7) is 5.05. The molecule has 0 aromatic carbocycles. The average Bonchev–Trinajstić information content (AvgIpc) is 2.48. The molecule has 3 atom stereocenters. The second kappa shape index (κ2) is 4.57. The molecule has 1 aliphatic rings. The topological polar surface area (TPSA) is 58.9 Å². The fraction of sp³-hybridized carbons (Fsp3) is 1.00. The fourth-order valence-corrected chi connectivity index (χ4v) is 1.59. The Bertz CT molecular complexity index is 175. The van der Waals surface area contributed by atoms with E-state index in [1.165, 1.54) is 0 Å². The highest BCUT2D eigenvalue weighted by Crippen LogP contribution is 2.26. The normalized spacial score (nSPS) is 30.6. The summed E-state index contributed by atoms with van der Waals surface area (Å²) >= 11 is 0. The van der Waals surface area contributed by atoms with Gasteiger partial charge in [-0.2, -0.15) is 0 Å². The van der Waals surface area contributed by atoms with E-state index in [-0.39, 0.29) is 12.4 Å². The molecule has 84 valence electrons. The van der Waals surface area contributed by atoms with Crippen LogP contribution in [-0.4, -0.2) is 34.5 Å². The van der Waals surface area contributed by atoms with Crippen LogP contribution in [0.2, 0.25) is 0 Å². The van der Waals surface area contributed by atoms with Crippen molar-refractivity contribution in [1.82, 2.24) is 0 Å². The van der Waals surface area contributed by atoms with Crippen LogP contribution in [0.5, 0.6) is 0 Å². The number of ether oxygens (including phenoxy) is 2. The first kappa shape index (κ1) is 11.9. The Hall–Kier alpha value is -0.160. The Morgan fingerprint density at radius 2 is 2.14 bits per heavy atom. The molecule has 0 bridgehead atoms. The van der Waals surface area contributed by atoms with Crippen molar-refractivity contribution in [2.75, 3.05) is 0 Å². The number of aliphatic hydroxyl groups excluding tert-OH is 1. The molecule has 1 aliphatic heterocycles. The largest absolute Gasteiger partial charge is 0.390 e. The number of rotatable bonds is 4. The fourth-order valence-electron chi connectivity index (χ4n) is 1.59. The highest BCUT2D eigenvalue weighted by molar-refractivity contribution is 4.75. The van der Waals surface area contributed by atoms with E-state index in [1.807, 2.05) is 6.92 Å². The third-order valence-electron chi connectivity index (χ3n) is 2.28. The van der Waals surface area contributed by atoms with E-state index in [1.54, 1.807) is 13.8 Å². The molecule has 0 unspecified atom stereocenters. The lowest BCUT2D eigenvalue weighted by molar-refractivity contribution is -0.273. The third kappa shape index (κ3) is 3.53. The van der Waals surface area contributed by atoms with Crippen LogP contribution < -0.4 is 0 Å². The van der Waals surface area contributed by atoms with Gasteiger partial charge in [0.25, 0.3) is 0 Å². The molecule has 4 heteroatoms.